The second-order valence-corrected chi connectivity index (χ2v) is 14.7. The van der Waals surface area contributed by atoms with Crippen molar-refractivity contribution in [3.8, 4) is 11.4 Å². The molecule has 2 fully saturated rings. The molecule has 5 aromatic rings. The van der Waals surface area contributed by atoms with E-state index in [2.05, 4.69) is 56.1 Å². The van der Waals surface area contributed by atoms with Gasteiger partial charge in [-0.25, -0.2) is 24.0 Å². The van der Waals surface area contributed by atoms with Crippen LogP contribution in [0.25, 0.3) is 5.69 Å². The van der Waals surface area contributed by atoms with Crippen LogP contribution >= 0.6 is 23.4 Å². The van der Waals surface area contributed by atoms with Gasteiger partial charge in [0.05, 0.1) is 24.1 Å². The van der Waals surface area contributed by atoms with Crippen molar-refractivity contribution in [2.45, 2.75) is 57.2 Å². The summed E-state index contributed by atoms with van der Waals surface area (Å²) < 4.78 is 22.3. The van der Waals surface area contributed by atoms with E-state index in [1.807, 2.05) is 75.4 Å². The highest BCUT2D eigenvalue weighted by Crippen LogP contribution is 2.39. The molecule has 2 aliphatic heterocycles. The van der Waals surface area contributed by atoms with Gasteiger partial charge in [0, 0.05) is 59.5 Å². The minimum absolute atomic E-state index is 0.0671. The van der Waals surface area contributed by atoms with Gasteiger partial charge in [0.2, 0.25) is 5.79 Å². The van der Waals surface area contributed by atoms with Crippen LogP contribution in [0, 0.1) is 13.8 Å². The second kappa shape index (κ2) is 15.7. The summed E-state index contributed by atoms with van der Waals surface area (Å²) >= 11 is 7.71. The molecule has 7 rings (SSSR count). The molecule has 4 heterocycles. The number of benzene rings is 3. The van der Waals surface area contributed by atoms with Crippen molar-refractivity contribution in [3.05, 3.63) is 118 Å². The first-order valence-corrected chi connectivity index (χ1v) is 19.1. The predicted molar refractivity (Wildman–Crippen MR) is 205 cm³/mol. The molecule has 272 valence electrons. The number of rotatable bonds is 12. The highest BCUT2D eigenvalue weighted by Gasteiger charge is 2.44. The van der Waals surface area contributed by atoms with Gasteiger partial charge in [-0.2, -0.15) is 5.10 Å². The first kappa shape index (κ1) is 36.0. The molecule has 0 amide bonds. The number of thioether (sulfide) groups is 1. The van der Waals surface area contributed by atoms with Crippen LogP contribution in [0.1, 0.15) is 43.3 Å². The summed E-state index contributed by atoms with van der Waals surface area (Å²) in [7, 11) is 0. The molecule has 13 heteroatoms. The Balaban J connectivity index is 0.919. The standard InChI is InChI=1S/C39H44ClN7O4S/c1-5-29(4)47-38(48)46(26-41-47)34-12-10-32(11-13-34)44-18-20-45(21-19-44)33-14-16-35(17-15-33)49-23-36-24-50-39(51-36,30-6-8-31(40)9-7-30)25-52-37-42-27(2)22-28(3)43-37/h6-17,22,26,29,36H,5,18-21,23-25H2,1-4H3. The van der Waals surface area contributed by atoms with Gasteiger partial charge in [-0.15, -0.1) is 0 Å². The van der Waals surface area contributed by atoms with Gasteiger partial charge in [-0.1, -0.05) is 42.4 Å². The smallest absolute Gasteiger partial charge is 0.350 e. The van der Waals surface area contributed by atoms with Gasteiger partial charge in [0.15, 0.2) is 5.16 Å². The Kier molecular flexibility index (Phi) is 10.9. The van der Waals surface area contributed by atoms with E-state index < -0.39 is 5.79 Å². The summed E-state index contributed by atoms with van der Waals surface area (Å²) in [5, 5.41) is 5.65. The number of aromatic nitrogens is 5. The summed E-state index contributed by atoms with van der Waals surface area (Å²) in [5.74, 6) is 0.282. The van der Waals surface area contributed by atoms with Gasteiger partial charge >= 0.3 is 5.69 Å². The van der Waals surface area contributed by atoms with Crippen LogP contribution < -0.4 is 20.2 Å². The fourth-order valence-electron chi connectivity index (χ4n) is 6.54. The quantitative estimate of drug-likeness (QED) is 0.1000. The van der Waals surface area contributed by atoms with Crippen molar-refractivity contribution in [3.63, 3.8) is 0 Å². The van der Waals surface area contributed by atoms with Crippen LogP contribution in [0.5, 0.6) is 5.75 Å². The third-order valence-corrected chi connectivity index (χ3v) is 10.8. The van der Waals surface area contributed by atoms with Crippen molar-refractivity contribution in [1.29, 1.82) is 0 Å². The number of nitrogens with zero attached hydrogens (tertiary/aromatic N) is 7. The molecular formula is C39H44ClN7O4S. The topological polar surface area (TPSA) is 99.8 Å². The number of hydrogen-bond donors (Lipinski definition) is 0. The number of piperazine rings is 1. The second-order valence-electron chi connectivity index (χ2n) is 13.3. The number of aryl methyl sites for hydroxylation is 2. The maximum atomic E-state index is 12.8. The van der Waals surface area contributed by atoms with E-state index in [1.54, 1.807) is 15.6 Å². The van der Waals surface area contributed by atoms with Crippen LogP contribution in [0.15, 0.2) is 95.1 Å². The average molecular weight is 742 g/mol. The SMILES string of the molecule is CCC(C)n1ncn(-c2ccc(N3CCN(c4ccc(OCC5COC(CSc6nc(C)cc(C)n6)(c6ccc(Cl)cc6)O5)cc4)CC3)cc2)c1=O. The lowest BCUT2D eigenvalue weighted by Crippen LogP contribution is -2.46. The van der Waals surface area contributed by atoms with Crippen molar-refractivity contribution in [2.75, 3.05) is 54.9 Å². The third-order valence-electron chi connectivity index (χ3n) is 9.61. The van der Waals surface area contributed by atoms with Crippen molar-refractivity contribution in [1.82, 2.24) is 24.3 Å². The summed E-state index contributed by atoms with van der Waals surface area (Å²) in [4.78, 5) is 26.8. The van der Waals surface area contributed by atoms with Gasteiger partial charge < -0.3 is 24.0 Å². The van der Waals surface area contributed by atoms with Gasteiger partial charge in [0.1, 0.15) is 24.8 Å². The fourth-order valence-corrected chi connectivity index (χ4v) is 7.72. The zero-order valence-electron chi connectivity index (χ0n) is 29.9. The van der Waals surface area contributed by atoms with E-state index >= 15 is 0 Å². The maximum absolute atomic E-state index is 12.8. The lowest BCUT2D eigenvalue weighted by molar-refractivity contribution is -0.160. The van der Waals surface area contributed by atoms with Crippen molar-refractivity contribution >= 4 is 34.7 Å². The molecule has 0 spiro atoms. The molecule has 0 bridgehead atoms. The van der Waals surface area contributed by atoms with Crippen LogP contribution in [0.4, 0.5) is 11.4 Å². The molecule has 0 aliphatic carbocycles. The van der Waals surface area contributed by atoms with E-state index in [0.717, 1.165) is 72.4 Å². The van der Waals surface area contributed by atoms with Gasteiger partial charge in [0.25, 0.3) is 0 Å². The third kappa shape index (κ3) is 8.00. The zero-order valence-corrected chi connectivity index (χ0v) is 31.5. The first-order valence-electron chi connectivity index (χ1n) is 17.7. The molecular weight excluding hydrogens is 698 g/mol. The molecule has 2 saturated heterocycles. The molecule has 0 saturated carbocycles. The Morgan fingerprint density at radius 2 is 1.50 bits per heavy atom. The minimum Gasteiger partial charge on any atom is -0.491 e. The molecule has 2 aromatic heterocycles. The molecule has 2 aliphatic rings. The minimum atomic E-state index is -0.977. The van der Waals surface area contributed by atoms with E-state index in [4.69, 9.17) is 25.8 Å². The number of anilines is 2. The van der Waals surface area contributed by atoms with Gasteiger partial charge in [-0.3, -0.25) is 0 Å². The van der Waals surface area contributed by atoms with Crippen LogP contribution in [-0.4, -0.2) is 75.6 Å². The highest BCUT2D eigenvalue weighted by atomic mass is 35.5. The normalized spacial score (nSPS) is 19.6. The Hall–Kier alpha value is -4.36. The van der Waals surface area contributed by atoms with E-state index in [9.17, 15) is 4.79 Å². The highest BCUT2D eigenvalue weighted by molar-refractivity contribution is 7.99. The summed E-state index contributed by atoms with van der Waals surface area (Å²) in [6, 6.07) is 26.0. The molecule has 52 heavy (non-hydrogen) atoms. The van der Waals surface area contributed by atoms with Crippen LogP contribution in [0.3, 0.4) is 0 Å². The van der Waals surface area contributed by atoms with Crippen molar-refractivity contribution in [2.24, 2.45) is 0 Å². The fraction of sp³-hybridized carbons (Fsp3) is 0.385. The summed E-state index contributed by atoms with van der Waals surface area (Å²) in [6.45, 7) is 12.3. The largest absolute Gasteiger partial charge is 0.491 e. The van der Waals surface area contributed by atoms with Crippen LogP contribution in [-0.2, 0) is 15.3 Å². The Bertz CT molecular complexity index is 1990. The van der Waals surface area contributed by atoms with Gasteiger partial charge in [-0.05, 0) is 93.9 Å². The molecule has 0 radical (unpaired) electrons. The van der Waals surface area contributed by atoms with Crippen molar-refractivity contribution < 1.29 is 14.2 Å². The molecule has 3 aromatic carbocycles. The monoisotopic (exact) mass is 741 g/mol. The molecule has 0 N–H and O–H groups in total. The Labute approximate surface area is 313 Å². The Morgan fingerprint density at radius 3 is 2.12 bits per heavy atom. The predicted octanol–water partition coefficient (Wildman–Crippen LogP) is 6.83. The number of hydrogen-bond acceptors (Lipinski definition) is 10. The molecule has 3 atom stereocenters. The van der Waals surface area contributed by atoms with E-state index in [1.165, 1.54) is 11.8 Å². The number of halogens is 1. The molecule has 11 nitrogen and oxygen atoms in total. The molecule has 3 unspecified atom stereocenters. The Morgan fingerprint density at radius 1 is 0.904 bits per heavy atom. The van der Waals surface area contributed by atoms with E-state index in [0.29, 0.717) is 29.1 Å². The average Bonchev–Trinajstić information content (AvgIpc) is 3.77. The van der Waals surface area contributed by atoms with E-state index in [-0.39, 0.29) is 17.8 Å². The summed E-state index contributed by atoms with van der Waals surface area (Å²) in [6.07, 6.45) is 2.19. The maximum Gasteiger partial charge on any atom is 0.350 e. The zero-order chi connectivity index (χ0) is 36.2. The lowest BCUT2D eigenvalue weighted by Gasteiger charge is -2.37. The summed E-state index contributed by atoms with van der Waals surface area (Å²) in [5.41, 5.74) is 5.75. The first-order chi connectivity index (χ1) is 25.2. The van der Waals surface area contributed by atoms with Crippen LogP contribution in [0.2, 0.25) is 5.02 Å². The lowest BCUT2D eigenvalue weighted by atomic mass is 10.1. The number of ether oxygens (including phenoxy) is 3.